The van der Waals surface area contributed by atoms with Crippen molar-refractivity contribution in [1.82, 2.24) is 0 Å². The van der Waals surface area contributed by atoms with Gasteiger partial charge in [0.1, 0.15) is 0 Å². The molecule has 0 aliphatic rings. The topological polar surface area (TPSA) is 17.1 Å². The number of carbonyl (C=O) groups excluding carboxylic acids is 1. The molecular formula is C9H15ClO. The molecule has 0 rings (SSSR count). The Balaban J connectivity index is 3.22. The van der Waals surface area contributed by atoms with Crippen LogP contribution in [0, 0.1) is 0 Å². The SMILES string of the molecule is CCCCCC=CC(=O)CCl. The van der Waals surface area contributed by atoms with Crippen molar-refractivity contribution >= 4 is 17.4 Å². The van der Waals surface area contributed by atoms with Gasteiger partial charge in [0.2, 0.25) is 0 Å². The maximum absolute atomic E-state index is 10.6. The third-order valence-electron chi connectivity index (χ3n) is 1.41. The second-order valence-corrected chi connectivity index (χ2v) is 2.77. The lowest BCUT2D eigenvalue weighted by atomic mass is 10.2. The van der Waals surface area contributed by atoms with Gasteiger partial charge in [-0.2, -0.15) is 0 Å². The van der Waals surface area contributed by atoms with Crippen molar-refractivity contribution in [2.45, 2.75) is 32.6 Å². The van der Waals surface area contributed by atoms with Gasteiger partial charge in [-0.05, 0) is 18.9 Å². The van der Waals surface area contributed by atoms with Crippen molar-refractivity contribution in [2.75, 3.05) is 5.88 Å². The molecule has 2 heteroatoms. The quantitative estimate of drug-likeness (QED) is 0.344. The number of allylic oxidation sites excluding steroid dienone is 2. The molecule has 0 saturated heterocycles. The van der Waals surface area contributed by atoms with Crippen LogP contribution in [0.2, 0.25) is 0 Å². The summed E-state index contributed by atoms with van der Waals surface area (Å²) >= 11 is 5.29. The average Bonchev–Trinajstić information content (AvgIpc) is 2.04. The van der Waals surface area contributed by atoms with Gasteiger partial charge in [0.15, 0.2) is 5.78 Å². The summed E-state index contributed by atoms with van der Waals surface area (Å²) in [6, 6.07) is 0. The van der Waals surface area contributed by atoms with Crippen LogP contribution in [0.3, 0.4) is 0 Å². The molecule has 11 heavy (non-hydrogen) atoms. The zero-order valence-electron chi connectivity index (χ0n) is 6.98. The molecule has 0 aromatic rings. The number of hydrogen-bond donors (Lipinski definition) is 0. The Morgan fingerprint density at radius 2 is 2.18 bits per heavy atom. The van der Waals surface area contributed by atoms with Gasteiger partial charge in [-0.1, -0.05) is 25.8 Å². The van der Waals surface area contributed by atoms with Gasteiger partial charge in [-0.25, -0.2) is 0 Å². The fourth-order valence-electron chi connectivity index (χ4n) is 0.772. The molecule has 0 atom stereocenters. The summed E-state index contributed by atoms with van der Waals surface area (Å²) in [5, 5.41) is 0. The Morgan fingerprint density at radius 1 is 1.45 bits per heavy atom. The van der Waals surface area contributed by atoms with E-state index in [0.717, 1.165) is 6.42 Å². The van der Waals surface area contributed by atoms with Gasteiger partial charge in [-0.15, -0.1) is 11.6 Å². The van der Waals surface area contributed by atoms with Crippen molar-refractivity contribution in [3.05, 3.63) is 12.2 Å². The number of hydrogen-bond acceptors (Lipinski definition) is 1. The third-order valence-corrected chi connectivity index (χ3v) is 1.67. The zero-order valence-corrected chi connectivity index (χ0v) is 7.73. The minimum atomic E-state index is 0.00293. The Morgan fingerprint density at radius 3 is 2.73 bits per heavy atom. The van der Waals surface area contributed by atoms with Crippen LogP contribution in [0.15, 0.2) is 12.2 Å². The zero-order chi connectivity index (χ0) is 8.53. The van der Waals surface area contributed by atoms with E-state index in [2.05, 4.69) is 6.92 Å². The van der Waals surface area contributed by atoms with Crippen LogP contribution in [0.25, 0.3) is 0 Å². The molecule has 0 radical (unpaired) electrons. The van der Waals surface area contributed by atoms with E-state index in [1.54, 1.807) is 6.08 Å². The van der Waals surface area contributed by atoms with E-state index in [4.69, 9.17) is 11.6 Å². The predicted octanol–water partition coefficient (Wildman–Crippen LogP) is 2.93. The highest BCUT2D eigenvalue weighted by Gasteiger charge is 1.89. The maximum Gasteiger partial charge on any atom is 0.170 e. The molecule has 0 heterocycles. The number of carbonyl (C=O) groups is 1. The highest BCUT2D eigenvalue weighted by Crippen LogP contribution is 1.99. The van der Waals surface area contributed by atoms with E-state index in [1.807, 2.05) is 6.08 Å². The first-order valence-electron chi connectivity index (χ1n) is 4.06. The fraction of sp³-hybridized carbons (Fsp3) is 0.667. The van der Waals surface area contributed by atoms with Crippen LogP contribution in [0.1, 0.15) is 32.6 Å². The summed E-state index contributed by atoms with van der Waals surface area (Å²) in [6.07, 6.45) is 8.10. The van der Waals surface area contributed by atoms with E-state index in [9.17, 15) is 4.79 Å². The van der Waals surface area contributed by atoms with Crippen LogP contribution >= 0.6 is 11.6 Å². The second-order valence-electron chi connectivity index (χ2n) is 2.50. The minimum absolute atomic E-state index is 0.00293. The Kier molecular flexibility index (Phi) is 7.59. The lowest BCUT2D eigenvalue weighted by molar-refractivity contribution is -0.112. The van der Waals surface area contributed by atoms with Crippen molar-refractivity contribution in [1.29, 1.82) is 0 Å². The molecule has 0 N–H and O–H groups in total. The molecule has 0 aliphatic heterocycles. The van der Waals surface area contributed by atoms with Gasteiger partial charge in [0.25, 0.3) is 0 Å². The van der Waals surface area contributed by atoms with Crippen molar-refractivity contribution in [3.63, 3.8) is 0 Å². The standard InChI is InChI=1S/C9H15ClO/c1-2-3-4-5-6-7-9(11)8-10/h6-7H,2-5,8H2,1H3. The molecular weight excluding hydrogens is 160 g/mol. The van der Waals surface area contributed by atoms with Gasteiger partial charge >= 0.3 is 0 Å². The molecule has 0 amide bonds. The first-order chi connectivity index (χ1) is 5.31. The average molecular weight is 175 g/mol. The molecule has 64 valence electrons. The highest BCUT2D eigenvalue weighted by molar-refractivity contribution is 6.29. The summed E-state index contributed by atoms with van der Waals surface area (Å²) in [5.41, 5.74) is 0. The largest absolute Gasteiger partial charge is 0.294 e. The Hall–Kier alpha value is -0.300. The fourth-order valence-corrected chi connectivity index (χ4v) is 0.861. The van der Waals surface area contributed by atoms with Crippen molar-refractivity contribution in [3.8, 4) is 0 Å². The molecule has 0 unspecified atom stereocenters. The Bertz CT molecular complexity index is 130. The molecule has 0 aromatic carbocycles. The molecule has 0 saturated carbocycles. The summed E-state index contributed by atoms with van der Waals surface area (Å²) in [6.45, 7) is 2.16. The van der Waals surface area contributed by atoms with E-state index in [0.29, 0.717) is 0 Å². The lowest BCUT2D eigenvalue weighted by Gasteiger charge is -1.90. The van der Waals surface area contributed by atoms with Crippen LogP contribution in [-0.4, -0.2) is 11.7 Å². The molecule has 0 fully saturated rings. The van der Waals surface area contributed by atoms with Gasteiger partial charge in [0, 0.05) is 0 Å². The first kappa shape index (κ1) is 10.7. The second kappa shape index (κ2) is 7.80. The number of halogens is 1. The highest BCUT2D eigenvalue weighted by atomic mass is 35.5. The number of rotatable bonds is 6. The van der Waals surface area contributed by atoms with Gasteiger partial charge < -0.3 is 0 Å². The van der Waals surface area contributed by atoms with Crippen molar-refractivity contribution < 1.29 is 4.79 Å². The Labute approximate surface area is 73.4 Å². The summed E-state index contributed by atoms with van der Waals surface area (Å²) in [5.74, 6) is 0.104. The summed E-state index contributed by atoms with van der Waals surface area (Å²) < 4.78 is 0. The smallest absolute Gasteiger partial charge is 0.170 e. The van der Waals surface area contributed by atoms with E-state index in [-0.39, 0.29) is 11.7 Å². The third kappa shape index (κ3) is 7.60. The maximum atomic E-state index is 10.6. The van der Waals surface area contributed by atoms with E-state index in [1.165, 1.54) is 19.3 Å². The molecule has 0 spiro atoms. The van der Waals surface area contributed by atoms with Crippen LogP contribution in [0.5, 0.6) is 0 Å². The number of ketones is 1. The summed E-state index contributed by atoms with van der Waals surface area (Å²) in [7, 11) is 0. The molecule has 1 nitrogen and oxygen atoms in total. The molecule has 0 aliphatic carbocycles. The van der Waals surface area contributed by atoms with Crippen molar-refractivity contribution in [2.24, 2.45) is 0 Å². The van der Waals surface area contributed by atoms with E-state index >= 15 is 0 Å². The number of unbranched alkanes of at least 4 members (excludes halogenated alkanes) is 3. The van der Waals surface area contributed by atoms with Crippen LogP contribution < -0.4 is 0 Å². The van der Waals surface area contributed by atoms with Crippen LogP contribution in [0.4, 0.5) is 0 Å². The van der Waals surface area contributed by atoms with E-state index < -0.39 is 0 Å². The molecule has 0 aromatic heterocycles. The van der Waals surface area contributed by atoms with Gasteiger partial charge in [0.05, 0.1) is 5.88 Å². The number of alkyl halides is 1. The van der Waals surface area contributed by atoms with Gasteiger partial charge in [-0.3, -0.25) is 4.79 Å². The normalized spacial score (nSPS) is 10.7. The lowest BCUT2D eigenvalue weighted by Crippen LogP contribution is -1.91. The monoisotopic (exact) mass is 174 g/mol. The van der Waals surface area contributed by atoms with Crippen LogP contribution in [-0.2, 0) is 4.79 Å². The molecule has 0 bridgehead atoms. The predicted molar refractivity (Wildman–Crippen MR) is 49.0 cm³/mol. The minimum Gasteiger partial charge on any atom is -0.294 e. The first-order valence-corrected chi connectivity index (χ1v) is 4.60. The summed E-state index contributed by atoms with van der Waals surface area (Å²) in [4.78, 5) is 10.6.